The number of fused-ring (bicyclic) bond motifs is 3. The minimum absolute atomic E-state index is 0.0432. The standard InChI is InChI=1S/C14H14O2/c15-9-12-8-7-11-6-5-10-3-1-2-4-13(10)14(11)16-12/h1-6,12,15H,7-9H2. The second kappa shape index (κ2) is 3.80. The van der Waals surface area contributed by atoms with Crippen molar-refractivity contribution in [2.75, 3.05) is 6.61 Å². The SMILES string of the molecule is OCC1CCc2ccc3ccccc3c2O1. The Morgan fingerprint density at radius 3 is 2.94 bits per heavy atom. The summed E-state index contributed by atoms with van der Waals surface area (Å²) in [6.07, 6.45) is 1.85. The van der Waals surface area contributed by atoms with Gasteiger partial charge in [-0.05, 0) is 23.8 Å². The third-order valence-corrected chi connectivity index (χ3v) is 3.18. The van der Waals surface area contributed by atoms with Crippen LogP contribution in [0.25, 0.3) is 10.8 Å². The van der Waals surface area contributed by atoms with E-state index in [1.807, 2.05) is 12.1 Å². The van der Waals surface area contributed by atoms with Crippen LogP contribution in [0, 0.1) is 0 Å². The van der Waals surface area contributed by atoms with Crippen molar-refractivity contribution >= 4 is 10.8 Å². The molecular formula is C14H14O2. The van der Waals surface area contributed by atoms with Crippen molar-refractivity contribution < 1.29 is 9.84 Å². The molecule has 1 heterocycles. The van der Waals surface area contributed by atoms with Crippen molar-refractivity contribution in [3.8, 4) is 5.75 Å². The topological polar surface area (TPSA) is 29.5 Å². The quantitative estimate of drug-likeness (QED) is 0.790. The zero-order chi connectivity index (χ0) is 11.0. The van der Waals surface area contributed by atoms with Gasteiger partial charge in [0.25, 0.3) is 0 Å². The average Bonchev–Trinajstić information content (AvgIpc) is 2.38. The summed E-state index contributed by atoms with van der Waals surface area (Å²) in [5.41, 5.74) is 1.25. The Kier molecular flexibility index (Phi) is 2.29. The minimum Gasteiger partial charge on any atom is -0.487 e. The molecule has 1 aliphatic heterocycles. The number of aryl methyl sites for hydroxylation is 1. The molecule has 3 rings (SSSR count). The highest BCUT2D eigenvalue weighted by molar-refractivity contribution is 5.89. The number of rotatable bonds is 1. The van der Waals surface area contributed by atoms with Gasteiger partial charge in [-0.2, -0.15) is 0 Å². The highest BCUT2D eigenvalue weighted by atomic mass is 16.5. The minimum atomic E-state index is -0.0432. The maximum absolute atomic E-state index is 9.16. The van der Waals surface area contributed by atoms with E-state index in [2.05, 4.69) is 24.3 Å². The first kappa shape index (κ1) is 9.67. The maximum Gasteiger partial charge on any atom is 0.130 e. The van der Waals surface area contributed by atoms with Gasteiger partial charge in [0.1, 0.15) is 11.9 Å². The molecule has 2 aromatic rings. The largest absolute Gasteiger partial charge is 0.487 e. The Hall–Kier alpha value is -1.54. The fourth-order valence-corrected chi connectivity index (χ4v) is 2.29. The summed E-state index contributed by atoms with van der Waals surface area (Å²) in [5.74, 6) is 0.961. The molecule has 0 aliphatic carbocycles. The lowest BCUT2D eigenvalue weighted by Gasteiger charge is -2.25. The molecule has 0 radical (unpaired) electrons. The summed E-state index contributed by atoms with van der Waals surface area (Å²) in [6.45, 7) is 0.0999. The Bertz CT molecular complexity index is 519. The third-order valence-electron chi connectivity index (χ3n) is 3.18. The molecule has 0 aromatic heterocycles. The van der Waals surface area contributed by atoms with Crippen LogP contribution in [-0.4, -0.2) is 17.8 Å². The first-order valence-corrected chi connectivity index (χ1v) is 5.66. The van der Waals surface area contributed by atoms with Crippen molar-refractivity contribution in [3.63, 3.8) is 0 Å². The summed E-state index contributed by atoms with van der Waals surface area (Å²) in [7, 11) is 0. The van der Waals surface area contributed by atoms with E-state index in [-0.39, 0.29) is 12.7 Å². The van der Waals surface area contributed by atoms with Gasteiger partial charge in [-0.25, -0.2) is 0 Å². The monoisotopic (exact) mass is 214 g/mol. The highest BCUT2D eigenvalue weighted by Crippen LogP contribution is 2.34. The maximum atomic E-state index is 9.16. The summed E-state index contributed by atoms with van der Waals surface area (Å²) in [5, 5.41) is 11.5. The highest BCUT2D eigenvalue weighted by Gasteiger charge is 2.20. The van der Waals surface area contributed by atoms with E-state index in [0.717, 1.165) is 24.0 Å². The van der Waals surface area contributed by atoms with E-state index in [9.17, 15) is 0 Å². The second-order valence-electron chi connectivity index (χ2n) is 4.24. The molecule has 0 bridgehead atoms. The molecule has 0 spiro atoms. The van der Waals surface area contributed by atoms with Gasteiger partial charge in [0, 0.05) is 5.39 Å². The molecule has 16 heavy (non-hydrogen) atoms. The molecule has 82 valence electrons. The number of ether oxygens (including phenoxy) is 1. The lowest BCUT2D eigenvalue weighted by atomic mass is 9.98. The van der Waals surface area contributed by atoms with Crippen LogP contribution in [0.3, 0.4) is 0 Å². The second-order valence-corrected chi connectivity index (χ2v) is 4.24. The molecule has 0 amide bonds. The molecule has 2 nitrogen and oxygen atoms in total. The molecule has 2 heteroatoms. The van der Waals surface area contributed by atoms with E-state index in [1.165, 1.54) is 10.9 Å². The van der Waals surface area contributed by atoms with Crippen LogP contribution in [0.5, 0.6) is 5.75 Å². The number of hydrogen-bond donors (Lipinski definition) is 1. The van der Waals surface area contributed by atoms with Gasteiger partial charge in [0.15, 0.2) is 0 Å². The normalized spacial score (nSPS) is 19.2. The van der Waals surface area contributed by atoms with E-state index >= 15 is 0 Å². The fraction of sp³-hybridized carbons (Fsp3) is 0.286. The first-order chi connectivity index (χ1) is 7.88. The van der Waals surface area contributed by atoms with Gasteiger partial charge < -0.3 is 9.84 Å². The van der Waals surface area contributed by atoms with Crippen molar-refractivity contribution in [1.29, 1.82) is 0 Å². The fourth-order valence-electron chi connectivity index (χ4n) is 2.29. The molecule has 1 unspecified atom stereocenters. The van der Waals surface area contributed by atoms with E-state index in [4.69, 9.17) is 9.84 Å². The van der Waals surface area contributed by atoms with Crippen LogP contribution >= 0.6 is 0 Å². The zero-order valence-corrected chi connectivity index (χ0v) is 9.02. The predicted molar refractivity (Wildman–Crippen MR) is 63.8 cm³/mol. The summed E-state index contributed by atoms with van der Waals surface area (Å²) >= 11 is 0. The Morgan fingerprint density at radius 2 is 2.06 bits per heavy atom. The van der Waals surface area contributed by atoms with Crippen LogP contribution < -0.4 is 4.74 Å². The Labute approximate surface area is 94.5 Å². The van der Waals surface area contributed by atoms with Crippen LogP contribution in [0.1, 0.15) is 12.0 Å². The summed E-state index contributed by atoms with van der Waals surface area (Å²) in [4.78, 5) is 0. The van der Waals surface area contributed by atoms with E-state index in [1.54, 1.807) is 0 Å². The third kappa shape index (κ3) is 1.46. The summed E-state index contributed by atoms with van der Waals surface area (Å²) < 4.78 is 5.84. The molecule has 1 N–H and O–H groups in total. The molecule has 0 saturated carbocycles. The molecule has 1 atom stereocenters. The molecular weight excluding hydrogens is 200 g/mol. The van der Waals surface area contributed by atoms with Gasteiger partial charge in [0.2, 0.25) is 0 Å². The van der Waals surface area contributed by atoms with Crippen molar-refractivity contribution in [3.05, 3.63) is 42.0 Å². The number of aliphatic hydroxyl groups excluding tert-OH is 1. The van der Waals surface area contributed by atoms with Gasteiger partial charge >= 0.3 is 0 Å². The lowest BCUT2D eigenvalue weighted by molar-refractivity contribution is 0.0994. The average molecular weight is 214 g/mol. The van der Waals surface area contributed by atoms with Gasteiger partial charge in [-0.1, -0.05) is 36.4 Å². The van der Waals surface area contributed by atoms with Crippen LogP contribution in [0.2, 0.25) is 0 Å². The van der Waals surface area contributed by atoms with Crippen LogP contribution in [0.4, 0.5) is 0 Å². The number of hydrogen-bond acceptors (Lipinski definition) is 2. The molecule has 2 aromatic carbocycles. The first-order valence-electron chi connectivity index (χ1n) is 5.66. The van der Waals surface area contributed by atoms with Gasteiger partial charge in [0.05, 0.1) is 6.61 Å². The molecule has 0 fully saturated rings. The molecule has 0 saturated heterocycles. The van der Waals surface area contributed by atoms with E-state index < -0.39 is 0 Å². The lowest BCUT2D eigenvalue weighted by Crippen LogP contribution is -2.26. The van der Waals surface area contributed by atoms with Crippen LogP contribution in [-0.2, 0) is 6.42 Å². The van der Waals surface area contributed by atoms with Crippen molar-refractivity contribution in [2.45, 2.75) is 18.9 Å². The predicted octanol–water partition coefficient (Wildman–Crippen LogP) is 2.53. The number of aliphatic hydroxyl groups is 1. The zero-order valence-electron chi connectivity index (χ0n) is 9.02. The van der Waals surface area contributed by atoms with Crippen LogP contribution in [0.15, 0.2) is 36.4 Å². The van der Waals surface area contributed by atoms with Crippen molar-refractivity contribution in [1.82, 2.24) is 0 Å². The molecule has 1 aliphatic rings. The number of benzene rings is 2. The Morgan fingerprint density at radius 1 is 1.19 bits per heavy atom. The smallest absolute Gasteiger partial charge is 0.130 e. The van der Waals surface area contributed by atoms with E-state index in [0.29, 0.717) is 0 Å². The van der Waals surface area contributed by atoms with Gasteiger partial charge in [-0.3, -0.25) is 0 Å². The Balaban J connectivity index is 2.17. The van der Waals surface area contributed by atoms with Gasteiger partial charge in [-0.15, -0.1) is 0 Å². The summed E-state index contributed by atoms with van der Waals surface area (Å²) in [6, 6.07) is 12.5. The van der Waals surface area contributed by atoms with Crippen molar-refractivity contribution in [2.24, 2.45) is 0 Å².